The van der Waals surface area contributed by atoms with Crippen molar-refractivity contribution < 1.29 is 0 Å². The maximum Gasteiger partial charge on any atom is 0.175 e. The second kappa shape index (κ2) is 5.52. The average molecular weight is 248 g/mol. The molecule has 1 rings (SSSR count). The molecule has 0 fully saturated rings. The summed E-state index contributed by atoms with van der Waals surface area (Å²) in [4.78, 5) is 2.10. The molecule has 0 saturated carbocycles. The first-order valence-corrected chi connectivity index (χ1v) is 5.77. The van der Waals surface area contributed by atoms with E-state index in [0.717, 1.165) is 18.5 Å². The van der Waals surface area contributed by atoms with Crippen LogP contribution in [0.5, 0.6) is 0 Å². The van der Waals surface area contributed by atoms with Gasteiger partial charge in [0, 0.05) is 19.2 Å². The van der Waals surface area contributed by atoms with E-state index in [1.54, 1.807) is 6.07 Å². The van der Waals surface area contributed by atoms with Crippen LogP contribution in [-0.4, -0.2) is 23.3 Å². The molecule has 0 N–H and O–H groups in total. The van der Waals surface area contributed by atoms with E-state index in [2.05, 4.69) is 28.9 Å². The monoisotopic (exact) mass is 247 g/mol. The number of hydrogen-bond acceptors (Lipinski definition) is 3. The molecule has 1 heterocycles. The first kappa shape index (κ1) is 12.5. The molecular weight excluding hydrogens is 233 g/mol. The summed E-state index contributed by atoms with van der Waals surface area (Å²) < 4.78 is 0. The first-order valence-electron chi connectivity index (χ1n) is 5.01. The fraction of sp³-hybridized carbons (Fsp3) is 0.600. The molecule has 0 aliphatic heterocycles. The second-order valence-electron chi connectivity index (χ2n) is 3.42. The van der Waals surface area contributed by atoms with Crippen LogP contribution in [0.3, 0.4) is 0 Å². The van der Waals surface area contributed by atoms with E-state index in [4.69, 9.17) is 23.2 Å². The van der Waals surface area contributed by atoms with Gasteiger partial charge in [-0.3, -0.25) is 0 Å². The van der Waals surface area contributed by atoms with Crippen LogP contribution >= 0.6 is 23.2 Å². The molecule has 0 unspecified atom stereocenters. The van der Waals surface area contributed by atoms with Gasteiger partial charge in [-0.15, -0.1) is 10.2 Å². The van der Waals surface area contributed by atoms with Crippen molar-refractivity contribution in [3.63, 3.8) is 0 Å². The maximum absolute atomic E-state index is 5.98. The molecule has 15 heavy (non-hydrogen) atoms. The smallest absolute Gasteiger partial charge is 0.175 e. The lowest BCUT2D eigenvalue weighted by Crippen LogP contribution is -2.30. The van der Waals surface area contributed by atoms with Crippen LogP contribution in [0.15, 0.2) is 6.07 Å². The maximum atomic E-state index is 5.98. The minimum absolute atomic E-state index is 0.368. The van der Waals surface area contributed by atoms with Crippen molar-refractivity contribution in [3.8, 4) is 0 Å². The third-order valence-corrected chi connectivity index (χ3v) is 3.02. The molecule has 0 saturated heterocycles. The Morgan fingerprint density at radius 2 is 1.87 bits per heavy atom. The van der Waals surface area contributed by atoms with E-state index in [1.165, 1.54) is 0 Å². The summed E-state index contributed by atoms with van der Waals surface area (Å²) in [5.74, 6) is 0. The fourth-order valence-corrected chi connectivity index (χ4v) is 1.99. The van der Waals surface area contributed by atoms with E-state index in [0.29, 0.717) is 16.3 Å². The minimum atomic E-state index is 0.368. The highest BCUT2D eigenvalue weighted by molar-refractivity contribution is 6.33. The third-order valence-electron chi connectivity index (χ3n) is 2.57. The highest BCUT2D eigenvalue weighted by Crippen LogP contribution is 2.27. The quantitative estimate of drug-likeness (QED) is 0.817. The van der Waals surface area contributed by atoms with Crippen LogP contribution in [0, 0.1) is 0 Å². The zero-order valence-electron chi connectivity index (χ0n) is 9.17. The van der Waals surface area contributed by atoms with Crippen molar-refractivity contribution in [1.29, 1.82) is 0 Å². The van der Waals surface area contributed by atoms with E-state index in [-0.39, 0.29) is 0 Å². The summed E-state index contributed by atoms with van der Waals surface area (Å²) in [7, 11) is 2.00. The molecule has 0 atom stereocenters. The molecule has 84 valence electrons. The van der Waals surface area contributed by atoms with E-state index < -0.39 is 0 Å². The van der Waals surface area contributed by atoms with Gasteiger partial charge in [0.2, 0.25) is 0 Å². The molecule has 0 aliphatic rings. The van der Waals surface area contributed by atoms with Gasteiger partial charge in [-0.1, -0.05) is 37.0 Å². The summed E-state index contributed by atoms with van der Waals surface area (Å²) >= 11 is 11.8. The summed E-state index contributed by atoms with van der Waals surface area (Å²) in [5.41, 5.74) is 0.838. The van der Waals surface area contributed by atoms with Gasteiger partial charge in [-0.2, -0.15) is 0 Å². The highest BCUT2D eigenvalue weighted by atomic mass is 35.5. The lowest BCUT2D eigenvalue weighted by atomic mass is 10.1. The van der Waals surface area contributed by atoms with Crippen LogP contribution < -0.4 is 4.90 Å². The number of anilines is 1. The van der Waals surface area contributed by atoms with Gasteiger partial charge in [0.25, 0.3) is 0 Å². The molecule has 0 spiro atoms. The first-order chi connectivity index (χ1) is 7.10. The number of aromatic nitrogens is 2. The van der Waals surface area contributed by atoms with Gasteiger partial charge in [-0.25, -0.2) is 0 Å². The molecule has 5 heteroatoms. The molecule has 0 bridgehead atoms. The normalized spacial score (nSPS) is 10.8. The van der Waals surface area contributed by atoms with Crippen molar-refractivity contribution in [1.82, 2.24) is 10.2 Å². The Balaban J connectivity index is 2.98. The topological polar surface area (TPSA) is 29.0 Å². The Morgan fingerprint density at radius 1 is 1.27 bits per heavy atom. The standard InChI is InChI=1S/C10H15Cl2N3/c1-4-7(5-2)15(3)8-6-9(11)13-14-10(8)12/h6-7H,4-5H2,1-3H3. The zero-order chi connectivity index (χ0) is 11.4. The van der Waals surface area contributed by atoms with E-state index in [9.17, 15) is 0 Å². The van der Waals surface area contributed by atoms with Gasteiger partial charge < -0.3 is 4.90 Å². The summed E-state index contributed by atoms with van der Waals surface area (Å²) in [6.45, 7) is 4.30. The molecule has 0 aromatic carbocycles. The third kappa shape index (κ3) is 2.95. The SMILES string of the molecule is CCC(CC)N(C)c1cc(Cl)nnc1Cl. The molecule has 0 amide bonds. The van der Waals surface area contributed by atoms with Gasteiger partial charge >= 0.3 is 0 Å². The molecule has 0 radical (unpaired) electrons. The number of rotatable bonds is 4. The Labute approximate surface area is 100 Å². The summed E-state index contributed by atoms with van der Waals surface area (Å²) in [6.07, 6.45) is 2.12. The Bertz CT molecular complexity index is 326. The molecule has 1 aromatic heterocycles. The van der Waals surface area contributed by atoms with E-state index >= 15 is 0 Å². The minimum Gasteiger partial charge on any atom is -0.369 e. The zero-order valence-corrected chi connectivity index (χ0v) is 10.7. The van der Waals surface area contributed by atoms with Gasteiger partial charge in [0.15, 0.2) is 10.3 Å². The van der Waals surface area contributed by atoms with Gasteiger partial charge in [-0.05, 0) is 12.8 Å². The predicted octanol–water partition coefficient (Wildman–Crippen LogP) is 3.41. The summed E-state index contributed by atoms with van der Waals surface area (Å²) in [5, 5.41) is 8.25. The molecule has 1 aromatic rings. The van der Waals surface area contributed by atoms with Crippen LogP contribution in [0.1, 0.15) is 26.7 Å². The van der Waals surface area contributed by atoms with Crippen molar-refractivity contribution in [3.05, 3.63) is 16.4 Å². The number of nitrogens with zero attached hydrogens (tertiary/aromatic N) is 3. The highest BCUT2D eigenvalue weighted by Gasteiger charge is 2.15. The predicted molar refractivity (Wildman–Crippen MR) is 64.8 cm³/mol. The van der Waals surface area contributed by atoms with Crippen molar-refractivity contribution in [2.24, 2.45) is 0 Å². The van der Waals surface area contributed by atoms with Gasteiger partial charge in [0.05, 0.1) is 5.69 Å². The van der Waals surface area contributed by atoms with E-state index in [1.807, 2.05) is 7.05 Å². The second-order valence-corrected chi connectivity index (χ2v) is 4.17. The Kier molecular flexibility index (Phi) is 4.61. The molecule has 0 aliphatic carbocycles. The van der Waals surface area contributed by atoms with Crippen molar-refractivity contribution >= 4 is 28.9 Å². The van der Waals surface area contributed by atoms with Crippen LogP contribution in [0.25, 0.3) is 0 Å². The number of halogens is 2. The average Bonchev–Trinajstić information content (AvgIpc) is 2.23. The lowest BCUT2D eigenvalue weighted by molar-refractivity contribution is 0.590. The largest absolute Gasteiger partial charge is 0.369 e. The van der Waals surface area contributed by atoms with Crippen LogP contribution in [0.2, 0.25) is 10.3 Å². The fourth-order valence-electron chi connectivity index (χ4n) is 1.62. The van der Waals surface area contributed by atoms with Crippen LogP contribution in [-0.2, 0) is 0 Å². The van der Waals surface area contributed by atoms with Crippen molar-refractivity contribution in [2.75, 3.05) is 11.9 Å². The lowest BCUT2D eigenvalue weighted by Gasteiger charge is -2.28. The van der Waals surface area contributed by atoms with Gasteiger partial charge in [0.1, 0.15) is 0 Å². The van der Waals surface area contributed by atoms with Crippen LogP contribution in [0.4, 0.5) is 5.69 Å². The molecule has 3 nitrogen and oxygen atoms in total. The Hall–Kier alpha value is -0.540. The number of hydrogen-bond donors (Lipinski definition) is 0. The Morgan fingerprint density at radius 3 is 2.40 bits per heavy atom. The van der Waals surface area contributed by atoms with Crippen molar-refractivity contribution in [2.45, 2.75) is 32.7 Å². The summed E-state index contributed by atoms with van der Waals surface area (Å²) in [6, 6.07) is 2.19. The molecular formula is C10H15Cl2N3.